The van der Waals surface area contributed by atoms with Crippen LogP contribution in [0.4, 0.5) is 14.6 Å². The first-order valence-electron chi connectivity index (χ1n) is 11.3. The highest BCUT2D eigenvalue weighted by atomic mass is 32.2. The van der Waals surface area contributed by atoms with E-state index in [0.29, 0.717) is 18.7 Å². The van der Waals surface area contributed by atoms with Crippen molar-refractivity contribution in [1.29, 1.82) is 5.26 Å². The fourth-order valence-electron chi connectivity index (χ4n) is 5.18. The van der Waals surface area contributed by atoms with Crippen LogP contribution in [0.2, 0.25) is 0 Å². The number of halogens is 2. The van der Waals surface area contributed by atoms with Gasteiger partial charge in [-0.3, -0.25) is 4.79 Å². The number of alkyl halides is 2. The molecule has 1 saturated carbocycles. The first kappa shape index (κ1) is 22.7. The molecule has 2 saturated heterocycles. The smallest absolute Gasteiger partial charge is 0.255 e. The van der Waals surface area contributed by atoms with Crippen molar-refractivity contribution in [3.05, 3.63) is 53.7 Å². The summed E-state index contributed by atoms with van der Waals surface area (Å²) >= 11 is 0. The number of benzene rings is 1. The summed E-state index contributed by atoms with van der Waals surface area (Å²) < 4.78 is 53.1. The number of piperazine rings is 1. The molecule has 0 spiro atoms. The highest BCUT2D eigenvalue weighted by Gasteiger charge is 2.58. The molecule has 0 N–H and O–H groups in total. The van der Waals surface area contributed by atoms with Crippen LogP contribution < -0.4 is 4.90 Å². The second-order valence-corrected chi connectivity index (χ2v) is 11.3. The lowest BCUT2D eigenvalue weighted by Gasteiger charge is -2.41. The van der Waals surface area contributed by atoms with Crippen molar-refractivity contribution in [2.24, 2.45) is 0 Å². The maximum atomic E-state index is 13.6. The van der Waals surface area contributed by atoms with Gasteiger partial charge in [-0.15, -0.1) is 0 Å². The van der Waals surface area contributed by atoms with E-state index in [1.54, 1.807) is 17.0 Å². The van der Waals surface area contributed by atoms with Crippen molar-refractivity contribution in [2.45, 2.75) is 54.5 Å². The number of aromatic nitrogens is 1. The molecule has 34 heavy (non-hydrogen) atoms. The van der Waals surface area contributed by atoms with E-state index in [9.17, 15) is 22.0 Å². The number of hydrogen-bond donors (Lipinski definition) is 0. The summed E-state index contributed by atoms with van der Waals surface area (Å²) in [5, 5.41) is 8.98. The maximum absolute atomic E-state index is 13.6. The van der Waals surface area contributed by atoms with E-state index in [1.165, 1.54) is 24.4 Å². The molecule has 2 bridgehead atoms. The van der Waals surface area contributed by atoms with Gasteiger partial charge in [0.05, 0.1) is 22.1 Å². The minimum Gasteiger partial charge on any atom is -0.347 e. The molecule has 2 aliphatic heterocycles. The Bertz CT molecular complexity index is 1250. The number of likely N-dealkylation sites (tertiary alicyclic amines) is 1. The van der Waals surface area contributed by atoms with Crippen LogP contribution in [-0.2, 0) is 14.6 Å². The van der Waals surface area contributed by atoms with E-state index in [2.05, 4.69) is 16.0 Å². The molecule has 2 unspecified atom stereocenters. The maximum Gasteiger partial charge on any atom is 0.255 e. The van der Waals surface area contributed by atoms with E-state index in [4.69, 9.17) is 5.26 Å². The van der Waals surface area contributed by atoms with Crippen molar-refractivity contribution < 1.29 is 22.0 Å². The molecule has 0 radical (unpaired) electrons. The molecular weight excluding hydrogens is 462 g/mol. The predicted octanol–water partition coefficient (Wildman–Crippen LogP) is 3.12. The van der Waals surface area contributed by atoms with Gasteiger partial charge >= 0.3 is 0 Å². The molecule has 2 aromatic rings. The molecule has 10 heteroatoms. The van der Waals surface area contributed by atoms with E-state index in [1.807, 2.05) is 6.07 Å². The largest absolute Gasteiger partial charge is 0.347 e. The Morgan fingerprint density at radius 3 is 2.41 bits per heavy atom. The SMILES string of the molecule is N#Cc1ccc(N2C3CCC2CN(C(=O)CCS(=O)(=O)c2ccccc2[C@H]2CC2(F)F)C3)nc1. The van der Waals surface area contributed by atoms with Gasteiger partial charge in [0.15, 0.2) is 9.84 Å². The fourth-order valence-corrected chi connectivity index (χ4v) is 6.70. The number of nitrogens with zero attached hydrogens (tertiary/aromatic N) is 4. The van der Waals surface area contributed by atoms with Crippen LogP contribution in [0.25, 0.3) is 0 Å². The number of pyridine rings is 1. The lowest BCUT2D eigenvalue weighted by atomic mass is 10.1. The van der Waals surface area contributed by atoms with E-state index in [-0.39, 0.29) is 41.3 Å². The van der Waals surface area contributed by atoms with Gasteiger partial charge in [0, 0.05) is 44.2 Å². The second kappa shape index (κ2) is 8.31. The average Bonchev–Trinajstić information content (AvgIpc) is 3.40. The normalized spacial score (nSPS) is 25.1. The Balaban J connectivity index is 1.24. The van der Waals surface area contributed by atoms with Crippen molar-refractivity contribution in [3.8, 4) is 6.07 Å². The zero-order valence-corrected chi connectivity index (χ0v) is 19.2. The zero-order chi connectivity index (χ0) is 24.1. The van der Waals surface area contributed by atoms with Gasteiger partial charge in [0.1, 0.15) is 11.9 Å². The van der Waals surface area contributed by atoms with Crippen molar-refractivity contribution >= 4 is 21.6 Å². The van der Waals surface area contributed by atoms with Gasteiger partial charge in [-0.2, -0.15) is 5.26 Å². The summed E-state index contributed by atoms with van der Waals surface area (Å²) in [4.78, 5) is 21.1. The fraction of sp³-hybridized carbons (Fsp3) is 0.458. The van der Waals surface area contributed by atoms with Gasteiger partial charge in [-0.05, 0) is 36.6 Å². The molecule has 3 heterocycles. The third-order valence-electron chi connectivity index (χ3n) is 7.02. The van der Waals surface area contributed by atoms with Crippen LogP contribution in [0.15, 0.2) is 47.5 Å². The van der Waals surface area contributed by atoms with Crippen LogP contribution in [0.1, 0.15) is 42.7 Å². The molecule has 1 aliphatic carbocycles. The van der Waals surface area contributed by atoms with E-state index in [0.717, 1.165) is 18.7 Å². The molecule has 3 aliphatic rings. The van der Waals surface area contributed by atoms with Crippen LogP contribution in [0.3, 0.4) is 0 Å². The summed E-state index contributed by atoms with van der Waals surface area (Å²) in [6.07, 6.45) is 2.80. The molecule has 1 aromatic heterocycles. The molecule has 1 amide bonds. The minimum atomic E-state index is -3.88. The summed E-state index contributed by atoms with van der Waals surface area (Å²) in [6.45, 7) is 0.948. The lowest BCUT2D eigenvalue weighted by molar-refractivity contribution is -0.131. The first-order valence-corrected chi connectivity index (χ1v) is 13.0. The standard InChI is InChI=1S/C24H24F2N4O3S/c25-24(26)11-20(24)19-3-1-2-4-21(19)34(32,33)10-9-23(31)29-14-17-6-7-18(15-29)30(17)22-8-5-16(12-27)13-28-22/h1-5,8,13,17-18,20H,6-7,9-11,14-15H2/t17?,18?,20-/m1/s1. The molecular formula is C24H24F2N4O3S. The Morgan fingerprint density at radius 2 is 1.82 bits per heavy atom. The third-order valence-corrected chi connectivity index (χ3v) is 8.80. The predicted molar refractivity (Wildman–Crippen MR) is 120 cm³/mol. The molecule has 3 fully saturated rings. The molecule has 1 aromatic carbocycles. The Morgan fingerprint density at radius 1 is 1.15 bits per heavy atom. The average molecular weight is 487 g/mol. The number of rotatable bonds is 6. The first-order chi connectivity index (χ1) is 16.2. The number of carbonyl (C=O) groups excluding carboxylic acids is 1. The molecule has 178 valence electrons. The van der Waals surface area contributed by atoms with Crippen LogP contribution in [0, 0.1) is 11.3 Å². The third kappa shape index (κ3) is 4.13. The highest BCUT2D eigenvalue weighted by molar-refractivity contribution is 7.91. The summed E-state index contributed by atoms with van der Waals surface area (Å²) in [5.74, 6) is -3.83. The minimum absolute atomic E-state index is 0.0811. The van der Waals surface area contributed by atoms with Crippen LogP contribution >= 0.6 is 0 Å². The Labute approximate surface area is 196 Å². The topological polar surface area (TPSA) is 94.4 Å². The van der Waals surface area contributed by atoms with E-state index < -0.39 is 27.4 Å². The van der Waals surface area contributed by atoms with Gasteiger partial charge < -0.3 is 9.80 Å². The van der Waals surface area contributed by atoms with E-state index >= 15 is 0 Å². The molecule has 5 rings (SSSR count). The number of amides is 1. The molecule has 3 atom stereocenters. The molecule has 7 nitrogen and oxygen atoms in total. The Hall–Kier alpha value is -3.06. The number of nitriles is 1. The van der Waals surface area contributed by atoms with Crippen molar-refractivity contribution in [3.63, 3.8) is 0 Å². The van der Waals surface area contributed by atoms with Gasteiger partial charge in [-0.1, -0.05) is 18.2 Å². The second-order valence-electron chi connectivity index (χ2n) is 9.23. The monoisotopic (exact) mass is 486 g/mol. The highest BCUT2D eigenvalue weighted by Crippen LogP contribution is 2.56. The number of anilines is 1. The number of carbonyl (C=O) groups is 1. The Kier molecular flexibility index (Phi) is 5.55. The quantitative estimate of drug-likeness (QED) is 0.623. The van der Waals surface area contributed by atoms with Crippen molar-refractivity contribution in [2.75, 3.05) is 23.7 Å². The van der Waals surface area contributed by atoms with Crippen molar-refractivity contribution in [1.82, 2.24) is 9.88 Å². The number of hydrogen-bond acceptors (Lipinski definition) is 6. The lowest BCUT2D eigenvalue weighted by Crippen LogP contribution is -2.55. The summed E-state index contributed by atoms with van der Waals surface area (Å²) in [5.41, 5.74) is 0.625. The van der Waals surface area contributed by atoms with Crippen LogP contribution in [-0.4, -0.2) is 61.1 Å². The van der Waals surface area contributed by atoms with Gasteiger partial charge in [0.25, 0.3) is 5.92 Å². The van der Waals surface area contributed by atoms with Gasteiger partial charge in [0.2, 0.25) is 5.91 Å². The summed E-state index contributed by atoms with van der Waals surface area (Å²) in [6, 6.07) is 11.6. The number of sulfone groups is 1. The number of fused-ring (bicyclic) bond motifs is 2. The summed E-state index contributed by atoms with van der Waals surface area (Å²) in [7, 11) is -3.88. The van der Waals surface area contributed by atoms with Gasteiger partial charge in [-0.25, -0.2) is 22.2 Å². The zero-order valence-electron chi connectivity index (χ0n) is 18.4. The van der Waals surface area contributed by atoms with Crippen LogP contribution in [0.5, 0.6) is 0 Å².